The van der Waals surface area contributed by atoms with Gasteiger partial charge in [-0.3, -0.25) is 4.79 Å². The number of hydrogen-bond donors (Lipinski definition) is 2. The van der Waals surface area contributed by atoms with Gasteiger partial charge in [-0.05, 0) is 37.6 Å². The fraction of sp³-hybridized carbons (Fsp3) is 0.333. The highest BCUT2D eigenvalue weighted by atomic mass is 35.5. The van der Waals surface area contributed by atoms with Gasteiger partial charge in [0.2, 0.25) is 0 Å². The monoisotopic (exact) mass is 447 g/mol. The summed E-state index contributed by atoms with van der Waals surface area (Å²) in [6.45, 7) is 4.02. The summed E-state index contributed by atoms with van der Waals surface area (Å²) >= 11 is 6.19. The Labute approximate surface area is 182 Å². The minimum Gasteiger partial charge on any atom is -0.462 e. The first-order valence-electron chi connectivity index (χ1n) is 9.38. The first-order chi connectivity index (χ1) is 14.6. The molecule has 7 nitrogen and oxygen atoms in total. The Morgan fingerprint density at radius 1 is 1.42 bits per heavy atom. The molecule has 1 aliphatic rings. The highest BCUT2D eigenvalue weighted by Crippen LogP contribution is 2.44. The zero-order chi connectivity index (χ0) is 22.9. The Hall–Kier alpha value is -3.25. The van der Waals surface area contributed by atoms with Crippen molar-refractivity contribution < 1.29 is 18.3 Å². The van der Waals surface area contributed by atoms with Gasteiger partial charge in [-0.25, -0.2) is 18.8 Å². The number of nitrogens with one attached hydrogen (secondary N) is 1. The van der Waals surface area contributed by atoms with Gasteiger partial charge in [0.15, 0.2) is 0 Å². The van der Waals surface area contributed by atoms with E-state index >= 15 is 0 Å². The third-order valence-electron chi connectivity index (χ3n) is 5.45. The van der Waals surface area contributed by atoms with E-state index in [1.54, 1.807) is 20.8 Å². The number of aromatic nitrogens is 1. The predicted octanol–water partition coefficient (Wildman–Crippen LogP) is 3.84. The summed E-state index contributed by atoms with van der Waals surface area (Å²) < 4.78 is 34.4. The molecule has 1 amide bonds. The number of nitrogens with zero attached hydrogens (tertiary/aromatic N) is 3. The van der Waals surface area contributed by atoms with Crippen LogP contribution in [0.1, 0.15) is 41.0 Å². The third-order valence-corrected chi connectivity index (χ3v) is 5.84. The van der Waals surface area contributed by atoms with Crippen LogP contribution in [0.3, 0.4) is 0 Å². The molecule has 0 radical (unpaired) electrons. The Kier molecular flexibility index (Phi) is 6.13. The summed E-state index contributed by atoms with van der Waals surface area (Å²) in [7, 11) is 0. The lowest BCUT2D eigenvalue weighted by Gasteiger charge is -2.41. The SMILES string of the molecule is Cc1cc(C#N)cnc1C(=O)Nc1cc(F)c(Cl)c([C@]2(CF)N=C(N)OC(C)[C@H]2C)c1. The number of carbonyl (C=O) groups is 1. The molecule has 0 aliphatic carbocycles. The van der Waals surface area contributed by atoms with Gasteiger partial charge >= 0.3 is 0 Å². The van der Waals surface area contributed by atoms with E-state index in [0.717, 1.165) is 6.07 Å². The van der Waals surface area contributed by atoms with E-state index < -0.39 is 36.0 Å². The number of aryl methyl sites for hydroxylation is 1. The number of amides is 1. The average Bonchev–Trinajstić information content (AvgIpc) is 2.73. The van der Waals surface area contributed by atoms with Gasteiger partial charge in [0.25, 0.3) is 11.9 Å². The zero-order valence-corrected chi connectivity index (χ0v) is 17.8. The van der Waals surface area contributed by atoms with E-state index in [1.807, 2.05) is 6.07 Å². The van der Waals surface area contributed by atoms with E-state index in [0.29, 0.717) is 11.1 Å². The van der Waals surface area contributed by atoms with Crippen LogP contribution in [0.25, 0.3) is 0 Å². The molecule has 3 N–H and O–H groups in total. The number of rotatable bonds is 4. The van der Waals surface area contributed by atoms with Crippen molar-refractivity contribution in [1.29, 1.82) is 5.26 Å². The normalized spacial score (nSPS) is 22.8. The Morgan fingerprint density at radius 3 is 2.74 bits per heavy atom. The van der Waals surface area contributed by atoms with Crippen molar-refractivity contribution in [1.82, 2.24) is 4.98 Å². The fourth-order valence-corrected chi connectivity index (χ4v) is 3.85. The zero-order valence-electron chi connectivity index (χ0n) is 17.0. The smallest absolute Gasteiger partial charge is 0.283 e. The molecular formula is C21H20ClF2N5O2. The molecule has 0 saturated carbocycles. The van der Waals surface area contributed by atoms with Crippen LogP contribution in [0.5, 0.6) is 0 Å². The maximum absolute atomic E-state index is 14.7. The van der Waals surface area contributed by atoms with Crippen LogP contribution < -0.4 is 11.1 Å². The van der Waals surface area contributed by atoms with Gasteiger partial charge in [-0.1, -0.05) is 18.5 Å². The number of alkyl halides is 1. The van der Waals surface area contributed by atoms with Crippen molar-refractivity contribution in [3.63, 3.8) is 0 Å². The second kappa shape index (κ2) is 8.47. The van der Waals surface area contributed by atoms with Crippen molar-refractivity contribution >= 4 is 29.2 Å². The quantitative estimate of drug-likeness (QED) is 0.739. The molecule has 3 rings (SSSR count). The molecule has 0 spiro atoms. The minimum absolute atomic E-state index is 0.0420. The maximum Gasteiger partial charge on any atom is 0.283 e. The van der Waals surface area contributed by atoms with E-state index in [2.05, 4.69) is 15.3 Å². The highest BCUT2D eigenvalue weighted by Gasteiger charge is 2.47. The molecule has 1 aromatic carbocycles. The lowest BCUT2D eigenvalue weighted by Crippen LogP contribution is -2.48. The van der Waals surface area contributed by atoms with E-state index in [4.69, 9.17) is 27.3 Å². The Morgan fingerprint density at radius 2 is 2.13 bits per heavy atom. The molecule has 2 heterocycles. The van der Waals surface area contributed by atoms with Crippen molar-refractivity contribution in [3.05, 3.63) is 57.6 Å². The average molecular weight is 448 g/mol. The number of nitriles is 1. The van der Waals surface area contributed by atoms with Gasteiger partial charge in [0.1, 0.15) is 35.9 Å². The number of anilines is 1. The molecule has 2 aromatic rings. The number of carbonyl (C=O) groups excluding carboxylic acids is 1. The van der Waals surface area contributed by atoms with E-state index in [9.17, 15) is 13.6 Å². The molecule has 0 saturated heterocycles. The van der Waals surface area contributed by atoms with Crippen LogP contribution in [-0.2, 0) is 10.3 Å². The summed E-state index contributed by atoms with van der Waals surface area (Å²) in [5, 5.41) is 11.2. The predicted molar refractivity (Wildman–Crippen MR) is 112 cm³/mol. The molecule has 1 aromatic heterocycles. The van der Waals surface area contributed by atoms with Crippen molar-refractivity contribution in [2.24, 2.45) is 16.6 Å². The summed E-state index contributed by atoms with van der Waals surface area (Å²) in [5.74, 6) is -2.01. The number of pyridine rings is 1. The van der Waals surface area contributed by atoms with Gasteiger partial charge in [0, 0.05) is 23.4 Å². The topological polar surface area (TPSA) is 113 Å². The summed E-state index contributed by atoms with van der Waals surface area (Å²) in [4.78, 5) is 20.8. The molecule has 10 heteroatoms. The summed E-state index contributed by atoms with van der Waals surface area (Å²) in [6.07, 6.45) is 0.757. The number of hydrogen-bond acceptors (Lipinski definition) is 6. The number of nitrogens with two attached hydrogens (primary N) is 1. The van der Waals surface area contributed by atoms with Crippen molar-refractivity contribution in [3.8, 4) is 6.07 Å². The number of ether oxygens (including phenoxy) is 1. The molecule has 3 atom stereocenters. The van der Waals surface area contributed by atoms with Crippen LogP contribution >= 0.6 is 11.6 Å². The first kappa shape index (κ1) is 22.4. The Bertz CT molecular complexity index is 1120. The summed E-state index contributed by atoms with van der Waals surface area (Å²) in [5.41, 5.74) is 5.06. The lowest BCUT2D eigenvalue weighted by atomic mass is 9.77. The highest BCUT2D eigenvalue weighted by molar-refractivity contribution is 6.31. The number of halogens is 3. The lowest BCUT2D eigenvalue weighted by molar-refractivity contribution is 0.0510. The van der Waals surface area contributed by atoms with Crippen LogP contribution in [0.2, 0.25) is 5.02 Å². The van der Waals surface area contributed by atoms with Crippen LogP contribution in [-0.4, -0.2) is 29.7 Å². The van der Waals surface area contributed by atoms with Crippen LogP contribution in [0, 0.1) is 30.0 Å². The van der Waals surface area contributed by atoms with Gasteiger partial charge in [-0.2, -0.15) is 5.26 Å². The minimum atomic E-state index is -1.58. The largest absolute Gasteiger partial charge is 0.462 e. The van der Waals surface area contributed by atoms with Crippen molar-refractivity contribution in [2.45, 2.75) is 32.4 Å². The van der Waals surface area contributed by atoms with Gasteiger partial charge in [0.05, 0.1) is 10.6 Å². The summed E-state index contributed by atoms with van der Waals surface area (Å²) in [6, 6.07) is 5.61. The molecular weight excluding hydrogens is 428 g/mol. The first-order valence-corrected chi connectivity index (χ1v) is 9.76. The molecule has 1 unspecified atom stereocenters. The van der Waals surface area contributed by atoms with Crippen molar-refractivity contribution in [2.75, 3.05) is 12.0 Å². The maximum atomic E-state index is 14.7. The van der Waals surface area contributed by atoms with E-state index in [-0.39, 0.29) is 28.0 Å². The van der Waals surface area contributed by atoms with Gasteiger partial charge in [-0.15, -0.1) is 0 Å². The number of benzene rings is 1. The second-order valence-electron chi connectivity index (χ2n) is 7.39. The number of amidine groups is 1. The second-order valence-corrected chi connectivity index (χ2v) is 7.77. The number of aliphatic imine (C=N–C) groups is 1. The Balaban J connectivity index is 2.05. The molecule has 1 aliphatic heterocycles. The van der Waals surface area contributed by atoms with Crippen LogP contribution in [0.4, 0.5) is 14.5 Å². The fourth-order valence-electron chi connectivity index (χ4n) is 3.57. The molecule has 31 heavy (non-hydrogen) atoms. The van der Waals surface area contributed by atoms with E-state index in [1.165, 1.54) is 18.3 Å². The third kappa shape index (κ3) is 4.03. The molecule has 0 fully saturated rings. The standard InChI is InChI=1S/C21H20ClF2N5O2/c1-10-4-13(7-25)8-27-18(10)19(30)28-14-5-15(17(22)16(24)6-14)21(9-23)11(2)12(3)31-20(26)29-21/h4-6,8,11-12H,9H2,1-3H3,(H2,26,29)(H,28,30)/t11-,12?,21-/m1/s1. The molecule has 0 bridgehead atoms. The molecule has 162 valence electrons. The van der Waals surface area contributed by atoms with Crippen LogP contribution in [0.15, 0.2) is 29.4 Å². The van der Waals surface area contributed by atoms with Gasteiger partial charge < -0.3 is 15.8 Å².